The lowest BCUT2D eigenvalue weighted by atomic mass is 10.1. The van der Waals surface area contributed by atoms with E-state index < -0.39 is 28.7 Å². The topological polar surface area (TPSA) is 90.0 Å². The molecule has 2 amide bonds. The van der Waals surface area contributed by atoms with E-state index in [1.807, 2.05) is 20.8 Å². The maximum atomic E-state index is 13.7. The first-order chi connectivity index (χ1) is 16.5. The van der Waals surface area contributed by atoms with Crippen LogP contribution < -0.4 is 9.62 Å². The fourth-order valence-corrected chi connectivity index (χ4v) is 4.64. The van der Waals surface area contributed by atoms with Crippen molar-refractivity contribution in [2.24, 2.45) is 0 Å². The maximum absolute atomic E-state index is 13.7. The molecule has 0 unspecified atom stereocenters. The molecule has 0 bridgehead atoms. The van der Waals surface area contributed by atoms with Gasteiger partial charge in [-0.25, -0.2) is 4.31 Å². The number of anilines is 1. The van der Waals surface area contributed by atoms with Gasteiger partial charge in [0.2, 0.25) is 11.8 Å². The summed E-state index contributed by atoms with van der Waals surface area (Å²) in [4.78, 5) is 28.3. The van der Waals surface area contributed by atoms with E-state index in [0.29, 0.717) is 17.1 Å². The number of benzene rings is 2. The number of carbonyl (C=O) groups is 2. The minimum Gasteiger partial charge on any atom is -0.352 e. The molecule has 0 spiro atoms. The van der Waals surface area contributed by atoms with Crippen molar-refractivity contribution >= 4 is 39.3 Å². The van der Waals surface area contributed by atoms with Crippen LogP contribution in [0.5, 0.6) is 0 Å². The Morgan fingerprint density at radius 3 is 2.09 bits per heavy atom. The van der Waals surface area contributed by atoms with Gasteiger partial charge in [-0.2, -0.15) is 12.7 Å². The normalized spacial score (nSPS) is 13.2. The van der Waals surface area contributed by atoms with Gasteiger partial charge < -0.3 is 10.2 Å². The summed E-state index contributed by atoms with van der Waals surface area (Å²) in [7, 11) is -1.15. The second kappa shape index (κ2) is 12.9. The molecule has 0 saturated carbocycles. The van der Waals surface area contributed by atoms with Gasteiger partial charge in [-0.15, -0.1) is 0 Å². The number of nitrogens with one attached hydrogen (secondary N) is 1. The Hall–Kier alpha value is -2.62. The first-order valence-corrected chi connectivity index (χ1v) is 13.4. The zero-order valence-electron chi connectivity index (χ0n) is 20.9. The summed E-state index contributed by atoms with van der Waals surface area (Å²) < 4.78 is 28.4. The molecule has 0 radical (unpaired) electrons. The summed E-state index contributed by atoms with van der Waals surface area (Å²) >= 11 is 6.02. The minimum absolute atomic E-state index is 0.0565. The van der Waals surface area contributed by atoms with Crippen LogP contribution in [0.3, 0.4) is 0 Å². The summed E-state index contributed by atoms with van der Waals surface area (Å²) in [6.07, 6.45) is 1.11. The Kier molecular flexibility index (Phi) is 10.5. The molecule has 0 aliphatic carbocycles. The molecular weight excluding hydrogens is 488 g/mol. The van der Waals surface area contributed by atoms with E-state index in [0.717, 1.165) is 20.6 Å². The Morgan fingerprint density at radius 1 is 0.971 bits per heavy atom. The van der Waals surface area contributed by atoms with Crippen LogP contribution in [0.2, 0.25) is 5.02 Å². The average Bonchev–Trinajstić information content (AvgIpc) is 2.83. The highest BCUT2D eigenvalue weighted by Crippen LogP contribution is 2.21. The van der Waals surface area contributed by atoms with Gasteiger partial charge in [0.05, 0.1) is 5.69 Å². The number of hydrogen-bond acceptors (Lipinski definition) is 4. The number of carbonyl (C=O) groups excluding carboxylic acids is 2. The van der Waals surface area contributed by atoms with E-state index in [-0.39, 0.29) is 18.5 Å². The Balaban J connectivity index is 2.46. The van der Waals surface area contributed by atoms with Gasteiger partial charge in [0, 0.05) is 31.7 Å². The molecule has 2 aromatic rings. The zero-order valence-corrected chi connectivity index (χ0v) is 22.5. The molecule has 192 valence electrons. The maximum Gasteiger partial charge on any atom is 0.304 e. The molecule has 0 aliphatic heterocycles. The molecule has 0 heterocycles. The molecule has 2 atom stereocenters. The SMILES string of the molecule is CC[C@H](C)NC(=O)[C@H](CC)N(Cc1ccc(Cl)cc1)C(=O)CN(c1ccccc1)S(=O)(=O)N(C)C. The van der Waals surface area contributed by atoms with Gasteiger partial charge in [-0.05, 0) is 49.6 Å². The third kappa shape index (κ3) is 7.68. The molecular formula is C25H35ClN4O4S. The molecule has 1 N–H and O–H groups in total. The first-order valence-electron chi connectivity index (χ1n) is 11.6. The van der Waals surface area contributed by atoms with Crippen molar-refractivity contribution in [2.45, 2.75) is 52.2 Å². The monoisotopic (exact) mass is 522 g/mol. The van der Waals surface area contributed by atoms with Crippen molar-refractivity contribution in [3.05, 3.63) is 65.2 Å². The lowest BCUT2D eigenvalue weighted by molar-refractivity contribution is -0.140. The lowest BCUT2D eigenvalue weighted by Gasteiger charge is -2.34. The van der Waals surface area contributed by atoms with Gasteiger partial charge in [0.15, 0.2) is 0 Å². The molecule has 8 nitrogen and oxygen atoms in total. The standard InChI is InChI=1S/C25H35ClN4O4S/c1-6-19(3)27-25(32)23(7-2)29(17-20-13-15-21(26)16-14-20)24(31)18-30(35(33,34)28(4)5)22-11-9-8-10-12-22/h8-16,19,23H,6-7,17-18H2,1-5H3,(H,27,32)/t19-,23-/m0/s1. The molecule has 0 aromatic heterocycles. The first kappa shape index (κ1) is 28.6. The van der Waals surface area contributed by atoms with Crippen LogP contribution in [0.1, 0.15) is 39.2 Å². The minimum atomic E-state index is -3.97. The average molecular weight is 523 g/mol. The summed E-state index contributed by atoms with van der Waals surface area (Å²) in [5, 5.41) is 3.51. The highest BCUT2D eigenvalue weighted by atomic mass is 35.5. The Labute approximate surface area is 214 Å². The van der Waals surface area contributed by atoms with Gasteiger partial charge >= 0.3 is 10.2 Å². The second-order valence-corrected chi connectivity index (χ2v) is 11.0. The third-order valence-electron chi connectivity index (χ3n) is 5.72. The van der Waals surface area contributed by atoms with Crippen molar-refractivity contribution in [2.75, 3.05) is 24.9 Å². The fourth-order valence-electron chi connectivity index (χ4n) is 3.46. The largest absolute Gasteiger partial charge is 0.352 e. The van der Waals surface area contributed by atoms with E-state index in [4.69, 9.17) is 11.6 Å². The van der Waals surface area contributed by atoms with Crippen molar-refractivity contribution in [1.29, 1.82) is 0 Å². The third-order valence-corrected chi connectivity index (χ3v) is 7.79. The second-order valence-electron chi connectivity index (χ2n) is 8.52. The number of halogens is 1. The van der Waals surface area contributed by atoms with Crippen LogP contribution in [-0.2, 0) is 26.3 Å². The molecule has 2 aromatic carbocycles. The smallest absolute Gasteiger partial charge is 0.304 e. The van der Waals surface area contributed by atoms with Crippen LogP contribution >= 0.6 is 11.6 Å². The van der Waals surface area contributed by atoms with Gasteiger partial charge in [-0.1, -0.05) is 55.8 Å². The molecule has 0 fully saturated rings. The number of para-hydroxylation sites is 1. The lowest BCUT2D eigenvalue weighted by Crippen LogP contribution is -2.54. The van der Waals surface area contributed by atoms with Crippen molar-refractivity contribution in [3.63, 3.8) is 0 Å². The van der Waals surface area contributed by atoms with Crippen LogP contribution in [-0.4, -0.2) is 62.2 Å². The number of hydrogen-bond donors (Lipinski definition) is 1. The molecule has 10 heteroatoms. The predicted octanol–water partition coefficient (Wildman–Crippen LogP) is 3.67. The highest BCUT2D eigenvalue weighted by molar-refractivity contribution is 7.90. The van der Waals surface area contributed by atoms with Crippen molar-refractivity contribution in [3.8, 4) is 0 Å². The van der Waals surface area contributed by atoms with Crippen LogP contribution in [0.25, 0.3) is 0 Å². The Morgan fingerprint density at radius 2 is 1.57 bits per heavy atom. The summed E-state index contributed by atoms with van der Waals surface area (Å²) in [5.74, 6) is -0.758. The quantitative estimate of drug-likeness (QED) is 0.460. The van der Waals surface area contributed by atoms with Gasteiger partial charge in [-0.3, -0.25) is 9.59 Å². The molecule has 0 aliphatic rings. The van der Waals surface area contributed by atoms with E-state index in [1.54, 1.807) is 54.6 Å². The van der Waals surface area contributed by atoms with Crippen LogP contribution in [0.4, 0.5) is 5.69 Å². The summed E-state index contributed by atoms with van der Waals surface area (Å²) in [5.41, 5.74) is 1.14. The van der Waals surface area contributed by atoms with Crippen LogP contribution in [0.15, 0.2) is 54.6 Å². The summed E-state index contributed by atoms with van der Waals surface area (Å²) in [6, 6.07) is 14.6. The van der Waals surface area contributed by atoms with Crippen molar-refractivity contribution < 1.29 is 18.0 Å². The molecule has 0 saturated heterocycles. The number of nitrogens with zero attached hydrogens (tertiary/aromatic N) is 3. The number of amides is 2. The van der Waals surface area contributed by atoms with Gasteiger partial charge in [0.1, 0.15) is 12.6 Å². The van der Waals surface area contributed by atoms with E-state index in [1.165, 1.54) is 19.0 Å². The van der Waals surface area contributed by atoms with Gasteiger partial charge in [0.25, 0.3) is 0 Å². The van der Waals surface area contributed by atoms with E-state index in [9.17, 15) is 18.0 Å². The fraction of sp³-hybridized carbons (Fsp3) is 0.440. The highest BCUT2D eigenvalue weighted by Gasteiger charge is 2.33. The van der Waals surface area contributed by atoms with E-state index >= 15 is 0 Å². The zero-order chi connectivity index (χ0) is 26.2. The molecule has 2 rings (SSSR count). The summed E-state index contributed by atoms with van der Waals surface area (Å²) in [6.45, 7) is 5.37. The van der Waals surface area contributed by atoms with Crippen LogP contribution in [0, 0.1) is 0 Å². The molecule has 35 heavy (non-hydrogen) atoms. The van der Waals surface area contributed by atoms with E-state index in [2.05, 4.69) is 5.32 Å². The number of rotatable bonds is 12. The Bertz CT molecular complexity index is 1080. The van der Waals surface area contributed by atoms with Crippen molar-refractivity contribution in [1.82, 2.24) is 14.5 Å². The predicted molar refractivity (Wildman–Crippen MR) is 140 cm³/mol.